The maximum atomic E-state index is 13.4. The minimum Gasteiger partial charge on any atom is -0.350 e. The number of nitro benzene ring substituents is 1. The van der Waals surface area contributed by atoms with Gasteiger partial charge in [0.2, 0.25) is 0 Å². The molecule has 8 heteroatoms. The first kappa shape index (κ1) is 20.5. The van der Waals surface area contributed by atoms with Gasteiger partial charge in [-0.1, -0.05) is 18.2 Å². The van der Waals surface area contributed by atoms with Gasteiger partial charge in [-0.15, -0.1) is 0 Å². The number of anilines is 2. The van der Waals surface area contributed by atoms with E-state index in [1.807, 2.05) is 25.1 Å². The van der Waals surface area contributed by atoms with E-state index in [4.69, 9.17) is 5.26 Å². The molecule has 0 saturated carbocycles. The summed E-state index contributed by atoms with van der Waals surface area (Å²) in [6.45, 7) is 1.87. The van der Waals surface area contributed by atoms with Gasteiger partial charge >= 0.3 is 0 Å². The van der Waals surface area contributed by atoms with Gasteiger partial charge in [0, 0.05) is 17.8 Å². The molecule has 0 fully saturated rings. The van der Waals surface area contributed by atoms with Gasteiger partial charge in [0.25, 0.3) is 17.5 Å². The second-order valence-electron chi connectivity index (χ2n) is 7.10. The Bertz CT molecular complexity index is 1320. The van der Waals surface area contributed by atoms with E-state index >= 15 is 0 Å². The molecule has 0 aromatic heterocycles. The summed E-state index contributed by atoms with van der Waals surface area (Å²) >= 11 is 0. The summed E-state index contributed by atoms with van der Waals surface area (Å²) in [5.41, 5.74) is 2.68. The number of aryl methyl sites for hydroxylation is 1. The van der Waals surface area contributed by atoms with Gasteiger partial charge in [-0.3, -0.25) is 19.7 Å². The molecule has 3 aromatic rings. The minimum atomic E-state index is -0.565. The van der Waals surface area contributed by atoms with Gasteiger partial charge < -0.3 is 5.32 Å². The predicted octanol–water partition coefficient (Wildman–Crippen LogP) is 4.17. The van der Waals surface area contributed by atoms with Crippen molar-refractivity contribution in [2.24, 2.45) is 0 Å². The van der Waals surface area contributed by atoms with Crippen LogP contribution in [0.4, 0.5) is 17.1 Å². The van der Waals surface area contributed by atoms with Crippen molar-refractivity contribution in [2.45, 2.75) is 6.92 Å². The van der Waals surface area contributed by atoms with E-state index in [9.17, 15) is 19.7 Å². The van der Waals surface area contributed by atoms with Gasteiger partial charge in [0.1, 0.15) is 5.70 Å². The number of amides is 2. The summed E-state index contributed by atoms with van der Waals surface area (Å²) in [5, 5.41) is 23.1. The molecule has 156 valence electrons. The lowest BCUT2D eigenvalue weighted by Gasteiger charge is -2.15. The fourth-order valence-electron chi connectivity index (χ4n) is 3.43. The highest BCUT2D eigenvalue weighted by molar-refractivity contribution is 6.46. The summed E-state index contributed by atoms with van der Waals surface area (Å²) in [6, 6.07) is 20.9. The number of hydrogen-bond donors (Lipinski definition) is 1. The van der Waals surface area contributed by atoms with Gasteiger partial charge in [-0.2, -0.15) is 5.26 Å². The predicted molar refractivity (Wildman–Crippen MR) is 118 cm³/mol. The average molecular weight is 424 g/mol. The highest BCUT2D eigenvalue weighted by Crippen LogP contribution is 2.34. The smallest absolute Gasteiger partial charge is 0.282 e. The van der Waals surface area contributed by atoms with Crippen molar-refractivity contribution in [1.29, 1.82) is 5.26 Å². The van der Waals surface area contributed by atoms with Crippen LogP contribution in [0.3, 0.4) is 0 Å². The number of nitrogens with zero attached hydrogens (tertiary/aromatic N) is 3. The molecule has 0 saturated heterocycles. The summed E-state index contributed by atoms with van der Waals surface area (Å²) in [7, 11) is 0. The first-order chi connectivity index (χ1) is 15.4. The second-order valence-corrected chi connectivity index (χ2v) is 7.10. The molecule has 0 atom stereocenters. The van der Waals surface area contributed by atoms with E-state index in [0.29, 0.717) is 22.5 Å². The number of imide groups is 1. The van der Waals surface area contributed by atoms with Gasteiger partial charge in [-0.05, 0) is 60.5 Å². The first-order valence-electron chi connectivity index (χ1n) is 9.61. The van der Waals surface area contributed by atoms with E-state index < -0.39 is 16.7 Å². The SMILES string of the molecule is Cc1ccccc1NC1=C(c2ccc([N+](=O)[O-])cc2)C(=O)N(c2ccc(C#N)cc2)C1=O. The lowest BCUT2D eigenvalue weighted by molar-refractivity contribution is -0.384. The summed E-state index contributed by atoms with van der Waals surface area (Å²) < 4.78 is 0. The second kappa shape index (κ2) is 8.16. The molecule has 0 unspecified atom stereocenters. The number of hydrogen-bond acceptors (Lipinski definition) is 6. The van der Waals surface area contributed by atoms with Crippen LogP contribution in [-0.2, 0) is 9.59 Å². The number of para-hydroxylation sites is 1. The van der Waals surface area contributed by atoms with E-state index in [-0.39, 0.29) is 17.0 Å². The lowest BCUT2D eigenvalue weighted by atomic mass is 10.0. The third-order valence-corrected chi connectivity index (χ3v) is 5.11. The average Bonchev–Trinajstić information content (AvgIpc) is 3.04. The Balaban J connectivity index is 1.82. The van der Waals surface area contributed by atoms with E-state index in [1.165, 1.54) is 48.5 Å². The molecule has 1 N–H and O–H groups in total. The van der Waals surface area contributed by atoms with Crippen molar-refractivity contribution in [3.63, 3.8) is 0 Å². The molecule has 0 bridgehead atoms. The first-order valence-corrected chi connectivity index (χ1v) is 9.61. The van der Waals surface area contributed by atoms with Crippen molar-refractivity contribution in [1.82, 2.24) is 0 Å². The maximum Gasteiger partial charge on any atom is 0.282 e. The highest BCUT2D eigenvalue weighted by Gasteiger charge is 2.40. The summed E-state index contributed by atoms with van der Waals surface area (Å²) in [5.74, 6) is -1.12. The molecule has 0 aliphatic carbocycles. The Morgan fingerprint density at radius 2 is 1.59 bits per heavy atom. The Hall–Kier alpha value is -4.77. The normalized spacial score (nSPS) is 13.3. The summed E-state index contributed by atoms with van der Waals surface area (Å²) in [6.07, 6.45) is 0. The van der Waals surface area contributed by atoms with Crippen LogP contribution in [0.25, 0.3) is 5.57 Å². The standard InChI is InChI=1S/C24H16N4O4/c1-15-4-2-3-5-20(15)26-22-21(17-8-12-19(13-9-17)28(31)32)23(29)27(24(22)30)18-10-6-16(14-25)7-11-18/h2-13,26H,1H3. The van der Waals surface area contributed by atoms with Crippen molar-refractivity contribution in [2.75, 3.05) is 10.2 Å². The zero-order chi connectivity index (χ0) is 22.8. The molecule has 1 aliphatic heterocycles. The van der Waals surface area contributed by atoms with Crippen molar-refractivity contribution in [3.05, 3.63) is 105 Å². The topological polar surface area (TPSA) is 116 Å². The number of rotatable bonds is 5. The number of nitro groups is 1. The third-order valence-electron chi connectivity index (χ3n) is 5.11. The summed E-state index contributed by atoms with van der Waals surface area (Å²) in [4.78, 5) is 38.2. The quantitative estimate of drug-likeness (QED) is 0.373. The minimum absolute atomic E-state index is 0.0718. The molecule has 2 amide bonds. The molecule has 1 aliphatic rings. The molecule has 3 aromatic carbocycles. The third kappa shape index (κ3) is 3.59. The van der Waals surface area contributed by atoms with E-state index in [0.717, 1.165) is 10.5 Å². The van der Waals surface area contributed by atoms with Crippen LogP contribution in [0.15, 0.2) is 78.5 Å². The molecule has 0 radical (unpaired) electrons. The number of carbonyl (C=O) groups excluding carboxylic acids is 2. The molecule has 32 heavy (non-hydrogen) atoms. The number of carbonyl (C=O) groups is 2. The van der Waals surface area contributed by atoms with Crippen molar-refractivity contribution in [3.8, 4) is 6.07 Å². The fourth-order valence-corrected chi connectivity index (χ4v) is 3.43. The number of non-ortho nitro benzene ring substituents is 1. The van der Waals surface area contributed by atoms with Crippen LogP contribution in [0, 0.1) is 28.4 Å². The van der Waals surface area contributed by atoms with Crippen LogP contribution < -0.4 is 10.2 Å². The van der Waals surface area contributed by atoms with Gasteiger partial charge in [0.15, 0.2) is 0 Å². The van der Waals surface area contributed by atoms with Crippen LogP contribution >= 0.6 is 0 Å². The molecular formula is C24H16N4O4. The van der Waals surface area contributed by atoms with Crippen LogP contribution in [0.1, 0.15) is 16.7 Å². The molecule has 0 spiro atoms. The van der Waals surface area contributed by atoms with E-state index in [1.54, 1.807) is 12.1 Å². The Labute approximate surface area is 183 Å². The van der Waals surface area contributed by atoms with Crippen LogP contribution in [0.2, 0.25) is 0 Å². The number of nitriles is 1. The van der Waals surface area contributed by atoms with Gasteiger partial charge in [-0.25, -0.2) is 4.90 Å². The Kier molecular flexibility index (Phi) is 5.23. The molecular weight excluding hydrogens is 408 g/mol. The monoisotopic (exact) mass is 424 g/mol. The molecule has 1 heterocycles. The van der Waals surface area contributed by atoms with Gasteiger partial charge in [0.05, 0.1) is 27.8 Å². The highest BCUT2D eigenvalue weighted by atomic mass is 16.6. The molecule has 4 rings (SSSR count). The lowest BCUT2D eigenvalue weighted by Crippen LogP contribution is -2.32. The Morgan fingerprint density at radius 3 is 2.19 bits per heavy atom. The zero-order valence-corrected chi connectivity index (χ0v) is 16.9. The van der Waals surface area contributed by atoms with Crippen molar-refractivity contribution < 1.29 is 14.5 Å². The van der Waals surface area contributed by atoms with Crippen molar-refractivity contribution >= 4 is 34.4 Å². The largest absolute Gasteiger partial charge is 0.350 e. The van der Waals surface area contributed by atoms with E-state index in [2.05, 4.69) is 5.32 Å². The Morgan fingerprint density at radius 1 is 0.938 bits per heavy atom. The van der Waals surface area contributed by atoms with Crippen LogP contribution in [-0.4, -0.2) is 16.7 Å². The number of benzene rings is 3. The fraction of sp³-hybridized carbons (Fsp3) is 0.0417. The van der Waals surface area contributed by atoms with Crippen LogP contribution in [0.5, 0.6) is 0 Å². The number of nitrogens with one attached hydrogen (secondary N) is 1. The zero-order valence-electron chi connectivity index (χ0n) is 16.9. The molecule has 8 nitrogen and oxygen atoms in total. The maximum absolute atomic E-state index is 13.4.